The zero-order valence-electron chi connectivity index (χ0n) is 23.7. The Morgan fingerprint density at radius 3 is 2.42 bits per heavy atom. The molecule has 0 atom stereocenters. The minimum atomic E-state index is -0.304. The van der Waals surface area contributed by atoms with Crippen molar-refractivity contribution < 1.29 is 5.82 Å². The summed E-state index contributed by atoms with van der Waals surface area (Å²) >= 11 is 0. The number of benzene rings is 2. The second-order valence-electron chi connectivity index (χ2n) is 8.78. The molecule has 0 spiro atoms. The van der Waals surface area contributed by atoms with Crippen molar-refractivity contribution in [2.45, 2.75) is 61.9 Å². The molecule has 0 saturated carbocycles. The van der Waals surface area contributed by atoms with Crippen LogP contribution in [-0.4, -0.2) is 47.6 Å². The molecule has 7 heteroatoms. The van der Waals surface area contributed by atoms with Gasteiger partial charge in [-0.2, -0.15) is 5.10 Å². The number of fused-ring (bicyclic) bond motifs is 1. The molecule has 0 bridgehead atoms. The molecule has 4 rings (SSSR count). The van der Waals surface area contributed by atoms with Crippen molar-refractivity contribution in [1.82, 2.24) is 14.7 Å². The lowest BCUT2D eigenvalue weighted by Gasteiger charge is -2.12. The van der Waals surface area contributed by atoms with Crippen LogP contribution in [0.15, 0.2) is 59.4 Å². The highest BCUT2D eigenvalue weighted by Crippen LogP contribution is 2.37. The number of aromatic nitrogens is 2. The van der Waals surface area contributed by atoms with Gasteiger partial charge in [-0.1, -0.05) is 65.0 Å². The van der Waals surface area contributed by atoms with Crippen molar-refractivity contribution in [2.75, 3.05) is 32.5 Å². The van der Waals surface area contributed by atoms with E-state index in [2.05, 4.69) is 48.5 Å². The quantitative estimate of drug-likeness (QED) is 0.310. The highest BCUT2D eigenvalue weighted by Gasteiger charge is 2.22. The van der Waals surface area contributed by atoms with Crippen LogP contribution >= 0.6 is 0 Å². The summed E-state index contributed by atoms with van der Waals surface area (Å²) in [6.07, 6.45) is 2.67. The lowest BCUT2D eigenvalue weighted by molar-refractivity contribution is 0.405. The largest absolute Gasteiger partial charge is 0.400 e. The van der Waals surface area contributed by atoms with E-state index in [1.165, 1.54) is 6.07 Å². The molecule has 0 aliphatic carbocycles. The van der Waals surface area contributed by atoms with Gasteiger partial charge in [0, 0.05) is 41.8 Å². The fourth-order valence-electron chi connectivity index (χ4n) is 4.15. The van der Waals surface area contributed by atoms with Crippen LogP contribution in [0.2, 0.25) is 0 Å². The van der Waals surface area contributed by atoms with E-state index in [9.17, 15) is 4.39 Å². The number of hydrogen-bond donors (Lipinski definition) is 2. The fourth-order valence-corrected chi connectivity index (χ4v) is 4.15. The third-order valence-electron chi connectivity index (χ3n) is 5.76. The molecule has 3 aromatic rings. The van der Waals surface area contributed by atoms with E-state index in [-0.39, 0.29) is 14.7 Å². The van der Waals surface area contributed by atoms with E-state index in [1.807, 2.05) is 52.8 Å². The maximum Gasteiger partial charge on any atom is 0.159 e. The van der Waals surface area contributed by atoms with Gasteiger partial charge in [-0.25, -0.2) is 14.1 Å². The van der Waals surface area contributed by atoms with Gasteiger partial charge < -0.3 is 16.0 Å². The molecule has 2 heterocycles. The van der Waals surface area contributed by atoms with Gasteiger partial charge in [0.25, 0.3) is 0 Å². The summed E-state index contributed by atoms with van der Waals surface area (Å²) in [7, 11) is 4.10. The van der Waals surface area contributed by atoms with Crippen LogP contribution in [0.4, 0.5) is 15.9 Å². The van der Waals surface area contributed by atoms with Gasteiger partial charge in [0.2, 0.25) is 0 Å². The van der Waals surface area contributed by atoms with Crippen molar-refractivity contribution in [1.29, 1.82) is 0 Å². The number of aliphatic imine (C=N–C) groups is 1. The van der Waals surface area contributed by atoms with Crippen LogP contribution in [0.25, 0.3) is 16.7 Å². The van der Waals surface area contributed by atoms with Gasteiger partial charge in [0.1, 0.15) is 5.82 Å². The molecule has 1 aliphatic rings. The Labute approximate surface area is 231 Å². The number of hydrogen-bond acceptors (Lipinski definition) is 5. The Morgan fingerprint density at radius 1 is 1.05 bits per heavy atom. The zero-order chi connectivity index (χ0) is 27.5. The maximum atomic E-state index is 14.9. The molecule has 3 N–H and O–H groups in total. The SMILES string of the molecule is C.CC.CC.CC1=Nc2c(-c3cc(NCCCN(C)C)ccc3F)cnn2CC(N)=C1c1cccc(C)c1.[HH]. The van der Waals surface area contributed by atoms with E-state index in [1.54, 1.807) is 16.9 Å². The second-order valence-corrected chi connectivity index (χ2v) is 8.78. The van der Waals surface area contributed by atoms with Gasteiger partial charge in [-0.05, 0) is 64.7 Å². The zero-order valence-corrected chi connectivity index (χ0v) is 23.7. The summed E-state index contributed by atoms with van der Waals surface area (Å²) in [6, 6.07) is 13.3. The van der Waals surface area contributed by atoms with Gasteiger partial charge in [-0.15, -0.1) is 0 Å². The second kappa shape index (κ2) is 15.7. The summed E-state index contributed by atoms with van der Waals surface area (Å²) in [6.45, 7) is 14.2. The summed E-state index contributed by atoms with van der Waals surface area (Å²) in [5, 5.41) is 7.88. The lowest BCUT2D eigenvalue weighted by Crippen LogP contribution is -2.16. The number of allylic oxidation sites excluding steroid dienone is 2. The van der Waals surface area contributed by atoms with Crippen LogP contribution in [0.5, 0.6) is 0 Å². The lowest BCUT2D eigenvalue weighted by atomic mass is 9.98. The summed E-state index contributed by atoms with van der Waals surface area (Å²) < 4.78 is 16.6. The van der Waals surface area contributed by atoms with Crippen molar-refractivity contribution >= 4 is 22.8 Å². The van der Waals surface area contributed by atoms with E-state index in [4.69, 9.17) is 10.7 Å². The molecule has 0 amide bonds. The van der Waals surface area contributed by atoms with Gasteiger partial charge in [0.15, 0.2) is 5.82 Å². The number of nitrogens with two attached hydrogens (primary N) is 1. The number of nitrogens with one attached hydrogen (secondary N) is 1. The summed E-state index contributed by atoms with van der Waals surface area (Å²) in [5.74, 6) is 0.309. The van der Waals surface area contributed by atoms with E-state index < -0.39 is 0 Å². The summed E-state index contributed by atoms with van der Waals surface area (Å²) in [5.41, 5.74) is 13.1. The molecular weight excluding hydrogens is 475 g/mol. The van der Waals surface area contributed by atoms with Gasteiger partial charge in [-0.3, -0.25) is 0 Å². The first-order valence-corrected chi connectivity index (χ1v) is 13.2. The Bertz CT molecular complexity index is 1230. The maximum absolute atomic E-state index is 14.9. The smallest absolute Gasteiger partial charge is 0.159 e. The first kappa shape index (κ1) is 32.6. The third kappa shape index (κ3) is 8.02. The van der Waals surface area contributed by atoms with Gasteiger partial charge >= 0.3 is 0 Å². The molecule has 210 valence electrons. The highest BCUT2D eigenvalue weighted by molar-refractivity contribution is 6.24. The molecule has 6 nitrogen and oxygen atoms in total. The third-order valence-corrected chi connectivity index (χ3v) is 5.76. The molecule has 0 fully saturated rings. The Morgan fingerprint density at radius 2 is 1.76 bits per heavy atom. The van der Waals surface area contributed by atoms with Crippen LogP contribution in [0.3, 0.4) is 0 Å². The standard InChI is InChI=1S/C26H31FN6.2C2H6.CH4.H2/c1-17-7-5-8-19(13-17)25-18(2)31-26-22(15-30-33(26)16-24(25)28)21-14-20(9-10-23(21)27)29-11-6-12-32(3)4;2*1-2;;/h5,7-10,13-15,29H,6,11-12,16,28H2,1-4H3;2*1-2H3;1H4;1H. The number of aryl methyl sites for hydroxylation is 1. The number of halogens is 1. The molecule has 2 aromatic carbocycles. The first-order valence-electron chi connectivity index (χ1n) is 13.2. The van der Waals surface area contributed by atoms with E-state index in [0.29, 0.717) is 29.2 Å². The predicted molar refractivity (Wildman–Crippen MR) is 166 cm³/mol. The van der Waals surface area contributed by atoms with Crippen LogP contribution in [-0.2, 0) is 6.54 Å². The van der Waals surface area contributed by atoms with Gasteiger partial charge in [0.05, 0.1) is 12.7 Å². The highest BCUT2D eigenvalue weighted by atomic mass is 19.1. The molecule has 1 aliphatic heterocycles. The minimum Gasteiger partial charge on any atom is -0.400 e. The number of nitrogens with zero attached hydrogens (tertiary/aromatic N) is 4. The normalized spacial score (nSPS) is 12.2. The topological polar surface area (TPSA) is 71.5 Å². The van der Waals surface area contributed by atoms with Crippen molar-refractivity contribution in [2.24, 2.45) is 10.7 Å². The summed E-state index contributed by atoms with van der Waals surface area (Å²) in [4.78, 5) is 7.01. The van der Waals surface area contributed by atoms with E-state index in [0.717, 1.165) is 47.6 Å². The minimum absolute atomic E-state index is 0. The number of rotatable bonds is 7. The van der Waals surface area contributed by atoms with Crippen LogP contribution in [0, 0.1) is 12.7 Å². The molecule has 0 saturated heterocycles. The molecular formula is C31H49FN6. The Hall–Kier alpha value is -3.45. The molecule has 0 unspecified atom stereocenters. The monoisotopic (exact) mass is 524 g/mol. The fraction of sp³-hybridized carbons (Fsp3) is 0.419. The molecule has 0 radical (unpaired) electrons. The average molecular weight is 525 g/mol. The first-order chi connectivity index (χ1) is 17.8. The van der Waals surface area contributed by atoms with Crippen molar-refractivity contribution in [3.8, 4) is 11.1 Å². The molecule has 1 aromatic heterocycles. The Kier molecular flexibility index (Phi) is 13.5. The van der Waals surface area contributed by atoms with Crippen LogP contribution in [0.1, 0.15) is 61.0 Å². The predicted octanol–water partition coefficient (Wildman–Crippen LogP) is 7.77. The molecule has 38 heavy (non-hydrogen) atoms. The van der Waals surface area contributed by atoms with Crippen molar-refractivity contribution in [3.05, 3.63) is 71.3 Å². The number of anilines is 1. The van der Waals surface area contributed by atoms with Crippen LogP contribution < -0.4 is 11.1 Å². The Balaban J connectivity index is 0.00000230. The van der Waals surface area contributed by atoms with E-state index >= 15 is 0 Å². The average Bonchev–Trinajstić information content (AvgIpc) is 3.21. The van der Waals surface area contributed by atoms with Crippen molar-refractivity contribution in [3.63, 3.8) is 0 Å².